The summed E-state index contributed by atoms with van der Waals surface area (Å²) < 4.78 is 0. The van der Waals surface area contributed by atoms with E-state index < -0.39 is 0 Å². The lowest BCUT2D eigenvalue weighted by atomic mass is 9.81. The summed E-state index contributed by atoms with van der Waals surface area (Å²) in [6.07, 6.45) is 1.55. The summed E-state index contributed by atoms with van der Waals surface area (Å²) in [7, 11) is 0. The molecule has 5 aromatic carbocycles. The van der Waals surface area contributed by atoms with E-state index in [2.05, 4.69) is 103 Å². The normalized spacial score (nSPS) is 12.5. The largest absolute Gasteiger partial charge is 0.308 e. The number of nitrogens with one attached hydrogen (secondary N) is 1. The van der Waals surface area contributed by atoms with Crippen LogP contribution in [-0.4, -0.2) is 6.21 Å². The SMILES string of the molecule is N=Cc1c(C2c3ccccc3-c3ccccc32)cc2ccccc2c1-c1ccccc1. The molecule has 5 aromatic rings. The number of benzene rings is 5. The minimum absolute atomic E-state index is 0.121. The van der Waals surface area contributed by atoms with Crippen molar-refractivity contribution < 1.29 is 0 Å². The summed E-state index contributed by atoms with van der Waals surface area (Å²) >= 11 is 0. The molecule has 0 unspecified atom stereocenters. The van der Waals surface area contributed by atoms with E-state index in [1.807, 2.05) is 6.07 Å². The van der Waals surface area contributed by atoms with Gasteiger partial charge in [-0.05, 0) is 55.8 Å². The van der Waals surface area contributed by atoms with Gasteiger partial charge in [-0.3, -0.25) is 0 Å². The summed E-state index contributed by atoms with van der Waals surface area (Å²) in [6, 6.07) is 38.7. The zero-order valence-electron chi connectivity index (χ0n) is 17.0. The van der Waals surface area contributed by atoms with Crippen LogP contribution in [0.2, 0.25) is 0 Å². The lowest BCUT2D eigenvalue weighted by Gasteiger charge is -2.21. The predicted molar refractivity (Wildman–Crippen MR) is 130 cm³/mol. The first-order valence-electron chi connectivity index (χ1n) is 10.7. The zero-order chi connectivity index (χ0) is 20.8. The number of fused-ring (bicyclic) bond motifs is 4. The van der Waals surface area contributed by atoms with Gasteiger partial charge in [-0.25, -0.2) is 0 Å². The molecular formula is C30H21N. The Morgan fingerprint density at radius 2 is 1.16 bits per heavy atom. The number of rotatable bonds is 3. The van der Waals surface area contributed by atoms with Gasteiger partial charge in [-0.2, -0.15) is 0 Å². The molecule has 1 heteroatoms. The average molecular weight is 396 g/mol. The van der Waals surface area contributed by atoms with Crippen LogP contribution in [0.3, 0.4) is 0 Å². The monoisotopic (exact) mass is 395 g/mol. The van der Waals surface area contributed by atoms with Crippen molar-refractivity contribution in [3.05, 3.63) is 131 Å². The Kier molecular flexibility index (Phi) is 4.07. The van der Waals surface area contributed by atoms with Gasteiger partial charge < -0.3 is 5.41 Å². The molecule has 0 heterocycles. The van der Waals surface area contributed by atoms with E-state index in [4.69, 9.17) is 5.41 Å². The molecule has 1 aliphatic rings. The highest BCUT2D eigenvalue weighted by Gasteiger charge is 2.31. The molecule has 146 valence electrons. The van der Waals surface area contributed by atoms with E-state index in [9.17, 15) is 0 Å². The third-order valence-corrected chi connectivity index (χ3v) is 6.47. The van der Waals surface area contributed by atoms with Crippen LogP contribution in [-0.2, 0) is 0 Å². The molecule has 0 fully saturated rings. The van der Waals surface area contributed by atoms with Gasteiger partial charge in [-0.15, -0.1) is 0 Å². The second kappa shape index (κ2) is 7.07. The molecule has 31 heavy (non-hydrogen) atoms. The van der Waals surface area contributed by atoms with Crippen LogP contribution in [0.15, 0.2) is 109 Å². The third-order valence-electron chi connectivity index (χ3n) is 6.47. The van der Waals surface area contributed by atoms with Crippen molar-refractivity contribution >= 4 is 17.0 Å². The summed E-state index contributed by atoms with van der Waals surface area (Å²) in [4.78, 5) is 0. The fourth-order valence-corrected chi connectivity index (χ4v) is 5.19. The maximum atomic E-state index is 8.46. The Balaban J connectivity index is 1.73. The standard InChI is InChI=1S/C30H21N/c31-19-28-27(30-25-16-8-6-14-23(25)24-15-7-9-17-26(24)30)18-21-12-4-5-13-22(21)29(28)20-10-2-1-3-11-20/h1-19,30-31H. The average Bonchev–Trinajstić information content (AvgIpc) is 3.17. The molecule has 6 rings (SSSR count). The van der Waals surface area contributed by atoms with Crippen LogP contribution < -0.4 is 0 Å². The van der Waals surface area contributed by atoms with Crippen LogP contribution in [0, 0.1) is 5.41 Å². The van der Waals surface area contributed by atoms with Gasteiger partial charge in [0.2, 0.25) is 0 Å². The highest BCUT2D eigenvalue weighted by atomic mass is 14.4. The topological polar surface area (TPSA) is 23.9 Å². The lowest BCUT2D eigenvalue weighted by Crippen LogP contribution is -2.06. The van der Waals surface area contributed by atoms with E-state index in [1.54, 1.807) is 6.21 Å². The maximum Gasteiger partial charge on any atom is 0.0359 e. The molecule has 0 aromatic heterocycles. The third kappa shape index (κ3) is 2.67. The van der Waals surface area contributed by atoms with Gasteiger partial charge in [0.1, 0.15) is 0 Å². The summed E-state index contributed by atoms with van der Waals surface area (Å²) in [6.45, 7) is 0. The van der Waals surface area contributed by atoms with Crippen molar-refractivity contribution in [1.82, 2.24) is 0 Å². The first-order chi connectivity index (χ1) is 15.4. The molecule has 0 bridgehead atoms. The fraction of sp³-hybridized carbons (Fsp3) is 0.0333. The van der Waals surface area contributed by atoms with Crippen molar-refractivity contribution in [1.29, 1.82) is 5.41 Å². The first-order valence-corrected chi connectivity index (χ1v) is 10.7. The van der Waals surface area contributed by atoms with Crippen LogP contribution in [0.4, 0.5) is 0 Å². The Morgan fingerprint density at radius 3 is 1.84 bits per heavy atom. The van der Waals surface area contributed by atoms with Crippen molar-refractivity contribution in [2.75, 3.05) is 0 Å². The van der Waals surface area contributed by atoms with Gasteiger partial charge >= 0.3 is 0 Å². The molecule has 1 N–H and O–H groups in total. The van der Waals surface area contributed by atoms with Crippen LogP contribution in [0.25, 0.3) is 33.0 Å². The van der Waals surface area contributed by atoms with E-state index in [-0.39, 0.29) is 5.92 Å². The quantitative estimate of drug-likeness (QED) is 0.297. The molecule has 0 atom stereocenters. The van der Waals surface area contributed by atoms with Crippen LogP contribution in [0.1, 0.15) is 28.2 Å². The molecule has 0 saturated carbocycles. The summed E-state index contributed by atoms with van der Waals surface area (Å²) in [5, 5.41) is 10.9. The molecular weight excluding hydrogens is 374 g/mol. The van der Waals surface area contributed by atoms with Gasteiger partial charge in [0, 0.05) is 17.7 Å². The van der Waals surface area contributed by atoms with Crippen molar-refractivity contribution in [3.8, 4) is 22.3 Å². The Bertz CT molecular complexity index is 1400. The highest BCUT2D eigenvalue weighted by molar-refractivity contribution is 6.07. The zero-order valence-corrected chi connectivity index (χ0v) is 17.0. The predicted octanol–water partition coefficient (Wildman–Crippen LogP) is 7.67. The minimum atomic E-state index is 0.121. The Hall–Kier alpha value is -3.97. The van der Waals surface area contributed by atoms with E-state index in [0.717, 1.165) is 16.7 Å². The van der Waals surface area contributed by atoms with Crippen molar-refractivity contribution in [2.45, 2.75) is 5.92 Å². The van der Waals surface area contributed by atoms with Crippen molar-refractivity contribution in [3.63, 3.8) is 0 Å². The maximum absolute atomic E-state index is 8.46. The molecule has 0 aliphatic heterocycles. The van der Waals surface area contributed by atoms with Gasteiger partial charge in [0.05, 0.1) is 0 Å². The minimum Gasteiger partial charge on any atom is -0.308 e. The van der Waals surface area contributed by atoms with Crippen molar-refractivity contribution in [2.24, 2.45) is 0 Å². The van der Waals surface area contributed by atoms with E-state index in [1.165, 1.54) is 38.6 Å². The number of hydrogen-bond donors (Lipinski definition) is 1. The van der Waals surface area contributed by atoms with Gasteiger partial charge in [0.25, 0.3) is 0 Å². The highest BCUT2D eigenvalue weighted by Crippen LogP contribution is 2.50. The second-order valence-electron chi connectivity index (χ2n) is 8.09. The molecule has 0 saturated heterocycles. The lowest BCUT2D eigenvalue weighted by molar-refractivity contribution is 1.02. The molecule has 0 spiro atoms. The fourth-order valence-electron chi connectivity index (χ4n) is 5.19. The molecule has 0 radical (unpaired) electrons. The number of hydrogen-bond acceptors (Lipinski definition) is 1. The molecule has 1 aliphatic carbocycles. The second-order valence-corrected chi connectivity index (χ2v) is 8.09. The van der Waals surface area contributed by atoms with Crippen LogP contribution >= 0.6 is 0 Å². The Labute approximate surface area is 182 Å². The Morgan fingerprint density at radius 1 is 0.581 bits per heavy atom. The van der Waals surface area contributed by atoms with E-state index in [0.29, 0.717) is 0 Å². The molecule has 1 nitrogen and oxygen atoms in total. The summed E-state index contributed by atoms with van der Waals surface area (Å²) in [5.41, 5.74) is 9.74. The van der Waals surface area contributed by atoms with Gasteiger partial charge in [0.15, 0.2) is 0 Å². The first kappa shape index (κ1) is 17.9. The smallest absolute Gasteiger partial charge is 0.0359 e. The van der Waals surface area contributed by atoms with Crippen LogP contribution in [0.5, 0.6) is 0 Å². The summed E-state index contributed by atoms with van der Waals surface area (Å²) in [5.74, 6) is 0.121. The molecule has 0 amide bonds. The van der Waals surface area contributed by atoms with E-state index >= 15 is 0 Å². The van der Waals surface area contributed by atoms with Gasteiger partial charge in [-0.1, -0.05) is 103 Å².